The molecule has 0 saturated carbocycles. The van der Waals surface area contributed by atoms with Crippen LogP contribution in [-0.4, -0.2) is 10.2 Å². The molecule has 1 aromatic heterocycles. The number of aromatic nitrogens is 2. The van der Waals surface area contributed by atoms with Crippen molar-refractivity contribution >= 4 is 66.2 Å². The van der Waals surface area contributed by atoms with Gasteiger partial charge in [0.05, 0.1) is 0 Å². The lowest BCUT2D eigenvalue weighted by Gasteiger charge is -2.09. The van der Waals surface area contributed by atoms with Crippen LogP contribution in [0.1, 0.15) is 11.1 Å². The van der Waals surface area contributed by atoms with Crippen LogP contribution in [0, 0.1) is 0 Å². The van der Waals surface area contributed by atoms with Crippen LogP contribution < -0.4 is 0 Å². The monoisotopic (exact) mass is 530 g/mol. The molecule has 28 heavy (non-hydrogen) atoms. The number of hydrogen-bond donors (Lipinski definition) is 0. The summed E-state index contributed by atoms with van der Waals surface area (Å²) in [5, 5.41) is 13.4. The molecule has 0 aliphatic heterocycles. The number of rotatable bonds is 6. The first-order valence-electron chi connectivity index (χ1n) is 8.69. The normalized spacial score (nSPS) is 11.1. The molecule has 3 aromatic carbocycles. The highest BCUT2D eigenvalue weighted by Gasteiger charge is 2.10. The standard InChI is InChI=1S/C22H16Br2N2S2/c23-17-9-5-15(6-10-17)13-27-21-19-3-1-2-4-20(19)22(26-25-21)28-14-16-7-11-18(24)12-8-16/h1-12H,13-14H2. The van der Waals surface area contributed by atoms with Crippen LogP contribution in [0.2, 0.25) is 0 Å². The summed E-state index contributed by atoms with van der Waals surface area (Å²) in [7, 11) is 0. The second-order valence-corrected chi connectivity index (χ2v) is 9.95. The molecule has 6 heteroatoms. The first kappa shape index (κ1) is 20.0. The summed E-state index contributed by atoms with van der Waals surface area (Å²) in [5.41, 5.74) is 2.54. The van der Waals surface area contributed by atoms with Crippen molar-refractivity contribution in [3.8, 4) is 0 Å². The molecule has 1 heterocycles. The van der Waals surface area contributed by atoms with E-state index in [4.69, 9.17) is 0 Å². The summed E-state index contributed by atoms with van der Waals surface area (Å²) in [6.45, 7) is 0. The zero-order chi connectivity index (χ0) is 19.3. The number of hydrogen-bond acceptors (Lipinski definition) is 4. The Morgan fingerprint density at radius 3 is 1.36 bits per heavy atom. The van der Waals surface area contributed by atoms with Gasteiger partial charge in [0.25, 0.3) is 0 Å². The van der Waals surface area contributed by atoms with Crippen LogP contribution in [0.15, 0.2) is 91.8 Å². The summed E-state index contributed by atoms with van der Waals surface area (Å²) in [5.74, 6) is 1.74. The average molecular weight is 532 g/mol. The molecule has 140 valence electrons. The highest BCUT2D eigenvalue weighted by molar-refractivity contribution is 9.10. The van der Waals surface area contributed by atoms with Gasteiger partial charge in [-0.05, 0) is 35.4 Å². The molecule has 4 aromatic rings. The van der Waals surface area contributed by atoms with E-state index in [9.17, 15) is 0 Å². The fraction of sp³-hybridized carbons (Fsp3) is 0.0909. The summed E-state index contributed by atoms with van der Waals surface area (Å²) in [4.78, 5) is 0. The van der Waals surface area contributed by atoms with E-state index in [2.05, 4.69) is 115 Å². The highest BCUT2D eigenvalue weighted by atomic mass is 79.9. The van der Waals surface area contributed by atoms with Crippen LogP contribution in [0.25, 0.3) is 10.8 Å². The second-order valence-electron chi connectivity index (χ2n) is 6.19. The van der Waals surface area contributed by atoms with Crippen molar-refractivity contribution in [3.63, 3.8) is 0 Å². The largest absolute Gasteiger partial charge is 0.142 e. The Bertz CT molecular complexity index is 996. The van der Waals surface area contributed by atoms with Crippen molar-refractivity contribution in [2.24, 2.45) is 0 Å². The van der Waals surface area contributed by atoms with E-state index in [0.29, 0.717) is 0 Å². The third-order valence-corrected chi connectivity index (χ3v) is 7.36. The summed E-state index contributed by atoms with van der Waals surface area (Å²) < 4.78 is 2.19. The van der Waals surface area contributed by atoms with Crippen molar-refractivity contribution < 1.29 is 0 Å². The quantitative estimate of drug-likeness (QED) is 0.237. The van der Waals surface area contributed by atoms with E-state index in [1.165, 1.54) is 11.1 Å². The van der Waals surface area contributed by atoms with Crippen molar-refractivity contribution in [1.29, 1.82) is 0 Å². The average Bonchev–Trinajstić information content (AvgIpc) is 2.73. The minimum Gasteiger partial charge on any atom is -0.142 e. The van der Waals surface area contributed by atoms with E-state index < -0.39 is 0 Å². The van der Waals surface area contributed by atoms with Gasteiger partial charge in [-0.25, -0.2) is 0 Å². The van der Waals surface area contributed by atoms with Gasteiger partial charge in [-0.2, -0.15) is 0 Å². The van der Waals surface area contributed by atoms with Gasteiger partial charge in [0.15, 0.2) is 0 Å². The fourth-order valence-corrected chi connectivity index (χ4v) is 5.12. The van der Waals surface area contributed by atoms with E-state index in [1.54, 1.807) is 23.5 Å². The van der Waals surface area contributed by atoms with E-state index in [-0.39, 0.29) is 0 Å². The maximum Gasteiger partial charge on any atom is 0.127 e. The Morgan fingerprint density at radius 2 is 0.964 bits per heavy atom. The molecule has 0 unspecified atom stereocenters. The molecule has 4 rings (SSSR count). The first-order valence-corrected chi connectivity index (χ1v) is 12.2. The molecule has 0 radical (unpaired) electrons. The van der Waals surface area contributed by atoms with Gasteiger partial charge in [0.1, 0.15) is 10.1 Å². The maximum absolute atomic E-state index is 4.54. The van der Waals surface area contributed by atoms with Crippen LogP contribution in [-0.2, 0) is 11.5 Å². The van der Waals surface area contributed by atoms with Crippen LogP contribution >= 0.6 is 55.4 Å². The minimum absolute atomic E-state index is 0.872. The summed E-state index contributed by atoms with van der Waals surface area (Å²) in [6.07, 6.45) is 0. The van der Waals surface area contributed by atoms with Gasteiger partial charge in [-0.15, -0.1) is 10.2 Å². The zero-order valence-electron chi connectivity index (χ0n) is 14.8. The third-order valence-electron chi connectivity index (χ3n) is 4.20. The van der Waals surface area contributed by atoms with Gasteiger partial charge in [0.2, 0.25) is 0 Å². The van der Waals surface area contributed by atoms with Crippen molar-refractivity contribution in [2.45, 2.75) is 21.6 Å². The maximum atomic E-state index is 4.54. The number of halogens is 2. The molecule has 0 N–H and O–H groups in total. The molecule has 0 saturated heterocycles. The van der Waals surface area contributed by atoms with Crippen LogP contribution in [0.5, 0.6) is 0 Å². The van der Waals surface area contributed by atoms with Crippen molar-refractivity contribution in [1.82, 2.24) is 10.2 Å². The smallest absolute Gasteiger partial charge is 0.127 e. The van der Waals surface area contributed by atoms with Gasteiger partial charge in [-0.3, -0.25) is 0 Å². The molecule has 0 amide bonds. The Kier molecular flexibility index (Phi) is 6.73. The molecule has 0 bridgehead atoms. The number of thioether (sulfide) groups is 2. The number of fused-ring (bicyclic) bond motifs is 1. The second kappa shape index (κ2) is 9.44. The molecule has 2 nitrogen and oxygen atoms in total. The number of benzene rings is 3. The molecule has 0 fully saturated rings. The van der Waals surface area contributed by atoms with Gasteiger partial charge < -0.3 is 0 Å². The van der Waals surface area contributed by atoms with Gasteiger partial charge >= 0.3 is 0 Å². The first-order chi connectivity index (χ1) is 13.7. The predicted molar refractivity (Wildman–Crippen MR) is 127 cm³/mol. The van der Waals surface area contributed by atoms with Crippen LogP contribution in [0.3, 0.4) is 0 Å². The van der Waals surface area contributed by atoms with Gasteiger partial charge in [0, 0.05) is 31.2 Å². The van der Waals surface area contributed by atoms with Crippen molar-refractivity contribution in [3.05, 3.63) is 92.9 Å². The Hall–Kier alpha value is -1.34. The van der Waals surface area contributed by atoms with E-state index in [1.807, 2.05) is 0 Å². The lowest BCUT2D eigenvalue weighted by atomic mass is 10.2. The van der Waals surface area contributed by atoms with Crippen LogP contribution in [0.4, 0.5) is 0 Å². The van der Waals surface area contributed by atoms with E-state index >= 15 is 0 Å². The predicted octanol–water partition coefficient (Wildman–Crippen LogP) is 7.74. The molecular weight excluding hydrogens is 516 g/mol. The topological polar surface area (TPSA) is 25.8 Å². The third kappa shape index (κ3) is 4.98. The zero-order valence-corrected chi connectivity index (χ0v) is 19.6. The lowest BCUT2D eigenvalue weighted by Crippen LogP contribution is -1.93. The minimum atomic E-state index is 0.872. The van der Waals surface area contributed by atoms with Gasteiger partial charge in [-0.1, -0.05) is 104 Å². The van der Waals surface area contributed by atoms with E-state index in [0.717, 1.165) is 41.3 Å². The Balaban J connectivity index is 1.54. The molecule has 0 aliphatic carbocycles. The van der Waals surface area contributed by atoms with Crippen molar-refractivity contribution in [2.75, 3.05) is 0 Å². The number of nitrogens with zero attached hydrogens (tertiary/aromatic N) is 2. The molecule has 0 aliphatic rings. The fourth-order valence-electron chi connectivity index (χ4n) is 2.73. The Labute approximate surface area is 189 Å². The molecule has 0 atom stereocenters. The Morgan fingerprint density at radius 1 is 0.571 bits per heavy atom. The lowest BCUT2D eigenvalue weighted by molar-refractivity contribution is 0.885. The molecule has 0 spiro atoms. The SMILES string of the molecule is Brc1ccc(CSc2nnc(SCc3ccc(Br)cc3)c3ccccc23)cc1. The summed E-state index contributed by atoms with van der Waals surface area (Å²) in [6, 6.07) is 25.2. The highest BCUT2D eigenvalue weighted by Crippen LogP contribution is 2.34. The molecular formula is C22H16Br2N2S2. The summed E-state index contributed by atoms with van der Waals surface area (Å²) >= 11 is 10.4.